The van der Waals surface area contributed by atoms with Crippen molar-refractivity contribution in [3.05, 3.63) is 54.6 Å². The van der Waals surface area contributed by atoms with Crippen LogP contribution >= 0.6 is 0 Å². The summed E-state index contributed by atoms with van der Waals surface area (Å²) in [5.41, 5.74) is 4.01. The molecule has 1 aromatic carbocycles. The van der Waals surface area contributed by atoms with Gasteiger partial charge in [0.15, 0.2) is 0 Å². The van der Waals surface area contributed by atoms with E-state index in [0.29, 0.717) is 5.92 Å². The first-order chi connectivity index (χ1) is 6.66. The minimum atomic E-state index is 0.581. The van der Waals surface area contributed by atoms with Crippen molar-refractivity contribution in [2.75, 3.05) is 0 Å². The average Bonchev–Trinajstić information content (AvgIpc) is 2.20. The van der Waals surface area contributed by atoms with Gasteiger partial charge in [-0.2, -0.15) is 0 Å². The van der Waals surface area contributed by atoms with Crippen LogP contribution in [0, 0.1) is 6.92 Å². The maximum atomic E-state index is 3.83. The minimum Gasteiger partial charge on any atom is -0.106 e. The highest BCUT2D eigenvalue weighted by Crippen LogP contribution is 2.22. The highest BCUT2D eigenvalue weighted by atomic mass is 14.1. The molecule has 14 heavy (non-hydrogen) atoms. The van der Waals surface area contributed by atoms with Crippen LogP contribution in [-0.4, -0.2) is 0 Å². The molecular formula is C14H20. The summed E-state index contributed by atoms with van der Waals surface area (Å²) in [5.74, 6) is 0.581. The maximum Gasteiger partial charge on any atom is -0.0198 e. The summed E-state index contributed by atoms with van der Waals surface area (Å²) in [4.78, 5) is 0. The van der Waals surface area contributed by atoms with E-state index in [-0.39, 0.29) is 0 Å². The molecule has 0 aromatic heterocycles. The Bertz CT molecular complexity index is 295. The topological polar surface area (TPSA) is 0 Å². The molecule has 0 radical (unpaired) electrons. The van der Waals surface area contributed by atoms with Crippen molar-refractivity contribution < 1.29 is 0 Å². The third kappa shape index (κ3) is 2.88. The molecule has 0 fully saturated rings. The Hall–Kier alpha value is -1.30. The molecule has 0 bridgehead atoms. The second-order valence-electron chi connectivity index (χ2n) is 3.44. The normalized spacial score (nSPS) is 9.14. The predicted octanol–water partition coefficient (Wildman–Crippen LogP) is 4.56. The van der Waals surface area contributed by atoms with E-state index in [0.717, 1.165) is 0 Å². The van der Waals surface area contributed by atoms with Gasteiger partial charge in [0.1, 0.15) is 0 Å². The molecular weight excluding hydrogens is 168 g/mol. The molecule has 76 valence electrons. The molecule has 0 nitrogen and oxygen atoms in total. The molecule has 0 heterocycles. The molecule has 0 saturated heterocycles. The third-order valence-corrected chi connectivity index (χ3v) is 2.18. The molecule has 0 atom stereocenters. The summed E-state index contributed by atoms with van der Waals surface area (Å²) >= 11 is 0. The van der Waals surface area contributed by atoms with E-state index in [2.05, 4.69) is 58.7 Å². The number of aryl methyl sites for hydroxylation is 1. The largest absolute Gasteiger partial charge is 0.106 e. The molecule has 0 unspecified atom stereocenters. The van der Waals surface area contributed by atoms with E-state index >= 15 is 0 Å². The number of benzene rings is 1. The third-order valence-electron chi connectivity index (χ3n) is 2.18. The lowest BCUT2D eigenvalue weighted by molar-refractivity contribution is 0.862. The maximum absolute atomic E-state index is 3.83. The zero-order valence-corrected chi connectivity index (χ0v) is 9.51. The number of rotatable bonds is 2. The first-order valence-corrected chi connectivity index (χ1v) is 4.88. The highest BCUT2D eigenvalue weighted by molar-refractivity contribution is 5.56. The molecule has 0 spiro atoms. The van der Waals surface area contributed by atoms with E-state index in [1.54, 1.807) is 0 Å². The summed E-state index contributed by atoms with van der Waals surface area (Å²) in [7, 11) is 0. The van der Waals surface area contributed by atoms with Gasteiger partial charge < -0.3 is 0 Å². The standard InChI is InChI=1S/C12H16.C2H4/c1-5-11-10(4)7-6-8-12(11)9(2)3;1-2/h5-9H,1H2,2-4H3;1-2H2. The Morgan fingerprint density at radius 2 is 1.79 bits per heavy atom. The van der Waals surface area contributed by atoms with Crippen molar-refractivity contribution in [3.8, 4) is 0 Å². The summed E-state index contributed by atoms with van der Waals surface area (Å²) in [6, 6.07) is 6.41. The monoisotopic (exact) mass is 188 g/mol. The molecule has 0 aliphatic carbocycles. The van der Waals surface area contributed by atoms with Crippen LogP contribution < -0.4 is 0 Å². The zero-order valence-electron chi connectivity index (χ0n) is 9.51. The van der Waals surface area contributed by atoms with Gasteiger partial charge in [0.25, 0.3) is 0 Å². The summed E-state index contributed by atoms with van der Waals surface area (Å²) in [6.45, 7) is 16.4. The summed E-state index contributed by atoms with van der Waals surface area (Å²) < 4.78 is 0. The Kier molecular flexibility index (Phi) is 5.62. The first kappa shape index (κ1) is 12.7. The fourth-order valence-electron chi connectivity index (χ4n) is 1.49. The van der Waals surface area contributed by atoms with Crippen molar-refractivity contribution in [2.45, 2.75) is 26.7 Å². The molecule has 0 aliphatic rings. The molecule has 1 rings (SSSR count). The second-order valence-corrected chi connectivity index (χ2v) is 3.44. The SMILES string of the molecule is C=C.C=Cc1c(C)cccc1C(C)C. The molecule has 0 amide bonds. The van der Waals surface area contributed by atoms with Gasteiger partial charge >= 0.3 is 0 Å². The van der Waals surface area contributed by atoms with E-state index in [1.807, 2.05) is 6.08 Å². The Balaban J connectivity index is 0.000000791. The lowest BCUT2D eigenvalue weighted by atomic mass is 9.94. The molecule has 1 aromatic rings. The Morgan fingerprint density at radius 1 is 1.21 bits per heavy atom. The van der Waals surface area contributed by atoms with Crippen molar-refractivity contribution in [1.82, 2.24) is 0 Å². The lowest BCUT2D eigenvalue weighted by Gasteiger charge is -2.11. The predicted molar refractivity (Wildman–Crippen MR) is 66.6 cm³/mol. The first-order valence-electron chi connectivity index (χ1n) is 4.88. The van der Waals surface area contributed by atoms with Gasteiger partial charge in [-0.05, 0) is 29.5 Å². The molecule has 0 heteroatoms. The van der Waals surface area contributed by atoms with Gasteiger partial charge in [0.05, 0.1) is 0 Å². The van der Waals surface area contributed by atoms with Crippen LogP contribution in [0.4, 0.5) is 0 Å². The Labute approximate surface area is 88.0 Å². The number of hydrogen-bond acceptors (Lipinski definition) is 0. The van der Waals surface area contributed by atoms with Gasteiger partial charge in [0.2, 0.25) is 0 Å². The van der Waals surface area contributed by atoms with Crippen molar-refractivity contribution in [1.29, 1.82) is 0 Å². The Morgan fingerprint density at radius 3 is 2.14 bits per heavy atom. The average molecular weight is 188 g/mol. The van der Waals surface area contributed by atoms with Crippen LogP contribution in [0.2, 0.25) is 0 Å². The van der Waals surface area contributed by atoms with Gasteiger partial charge in [-0.3, -0.25) is 0 Å². The van der Waals surface area contributed by atoms with Crippen LogP contribution in [0.25, 0.3) is 6.08 Å². The van der Waals surface area contributed by atoms with Crippen LogP contribution in [0.15, 0.2) is 37.9 Å². The molecule has 0 saturated carbocycles. The van der Waals surface area contributed by atoms with Crippen molar-refractivity contribution in [2.24, 2.45) is 0 Å². The highest BCUT2D eigenvalue weighted by Gasteiger charge is 2.04. The quantitative estimate of drug-likeness (QED) is 0.597. The fraction of sp³-hybridized carbons (Fsp3) is 0.286. The van der Waals surface area contributed by atoms with Crippen LogP contribution in [0.3, 0.4) is 0 Å². The van der Waals surface area contributed by atoms with Gasteiger partial charge in [-0.1, -0.05) is 44.7 Å². The smallest absolute Gasteiger partial charge is 0.0198 e. The van der Waals surface area contributed by atoms with Crippen LogP contribution in [-0.2, 0) is 0 Å². The van der Waals surface area contributed by atoms with Crippen LogP contribution in [0.5, 0.6) is 0 Å². The fourth-order valence-corrected chi connectivity index (χ4v) is 1.49. The summed E-state index contributed by atoms with van der Waals surface area (Å²) in [5, 5.41) is 0. The van der Waals surface area contributed by atoms with Gasteiger partial charge in [-0.15, -0.1) is 13.2 Å². The van der Waals surface area contributed by atoms with Gasteiger partial charge in [0, 0.05) is 0 Å². The lowest BCUT2D eigenvalue weighted by Crippen LogP contribution is -1.93. The summed E-state index contributed by atoms with van der Waals surface area (Å²) in [6.07, 6.45) is 1.95. The van der Waals surface area contributed by atoms with Crippen molar-refractivity contribution >= 4 is 6.08 Å². The minimum absolute atomic E-state index is 0.581. The van der Waals surface area contributed by atoms with E-state index in [1.165, 1.54) is 16.7 Å². The molecule has 0 aliphatic heterocycles. The van der Waals surface area contributed by atoms with E-state index in [4.69, 9.17) is 0 Å². The van der Waals surface area contributed by atoms with E-state index in [9.17, 15) is 0 Å². The van der Waals surface area contributed by atoms with E-state index < -0.39 is 0 Å². The molecule has 0 N–H and O–H groups in total. The van der Waals surface area contributed by atoms with Crippen molar-refractivity contribution in [3.63, 3.8) is 0 Å². The second kappa shape index (κ2) is 6.20. The zero-order chi connectivity index (χ0) is 11.1. The van der Waals surface area contributed by atoms with Gasteiger partial charge in [-0.25, -0.2) is 0 Å². The van der Waals surface area contributed by atoms with Crippen LogP contribution in [0.1, 0.15) is 36.5 Å². The number of hydrogen-bond donors (Lipinski definition) is 0.